The number of rotatable bonds is 6. The van der Waals surface area contributed by atoms with Gasteiger partial charge in [-0.15, -0.1) is 0 Å². The van der Waals surface area contributed by atoms with E-state index in [9.17, 15) is 9.59 Å². The summed E-state index contributed by atoms with van der Waals surface area (Å²) in [5.74, 6) is 0.912. The fourth-order valence-electron chi connectivity index (χ4n) is 2.15. The first-order chi connectivity index (χ1) is 11.9. The molecule has 1 N–H and O–H groups in total. The molecule has 6 heteroatoms. The summed E-state index contributed by atoms with van der Waals surface area (Å²) in [7, 11) is 1.32. The van der Waals surface area contributed by atoms with Crippen LogP contribution >= 0.6 is 0 Å². The number of benzene rings is 2. The van der Waals surface area contributed by atoms with Crippen LogP contribution in [0.4, 0.5) is 5.69 Å². The van der Waals surface area contributed by atoms with E-state index in [2.05, 4.69) is 5.32 Å². The minimum atomic E-state index is -0.472. The van der Waals surface area contributed by atoms with Crippen molar-refractivity contribution in [1.82, 2.24) is 0 Å². The highest BCUT2D eigenvalue weighted by Crippen LogP contribution is 2.29. The second-order valence-electron chi connectivity index (χ2n) is 5.66. The molecule has 132 valence electrons. The summed E-state index contributed by atoms with van der Waals surface area (Å²) in [5.41, 5.74) is 1.01. The molecule has 0 atom stereocenters. The minimum absolute atomic E-state index is 0.0438. The molecule has 0 fully saturated rings. The Hall–Kier alpha value is -3.02. The number of esters is 1. The van der Waals surface area contributed by atoms with Crippen LogP contribution in [-0.4, -0.2) is 25.1 Å². The van der Waals surface area contributed by atoms with Gasteiger partial charge in [-0.25, -0.2) is 4.79 Å². The highest BCUT2D eigenvalue weighted by atomic mass is 16.5. The molecule has 0 radical (unpaired) electrons. The zero-order valence-electron chi connectivity index (χ0n) is 14.7. The van der Waals surface area contributed by atoms with Crippen molar-refractivity contribution in [3.63, 3.8) is 0 Å². The number of anilines is 1. The number of carbonyl (C=O) groups excluding carboxylic acids is 2. The molecule has 0 bridgehead atoms. The van der Waals surface area contributed by atoms with E-state index in [-0.39, 0.29) is 12.0 Å². The highest BCUT2D eigenvalue weighted by Gasteiger charge is 2.12. The minimum Gasteiger partial charge on any atom is -0.491 e. The van der Waals surface area contributed by atoms with Crippen molar-refractivity contribution in [3.05, 3.63) is 48.0 Å². The number of hydrogen-bond donors (Lipinski definition) is 1. The van der Waals surface area contributed by atoms with Gasteiger partial charge in [0.25, 0.3) is 0 Å². The molecule has 0 spiro atoms. The summed E-state index contributed by atoms with van der Waals surface area (Å²) < 4.78 is 16.2. The first kappa shape index (κ1) is 18.3. The van der Waals surface area contributed by atoms with E-state index in [4.69, 9.17) is 14.2 Å². The number of carbonyl (C=O) groups is 2. The predicted octanol–water partition coefficient (Wildman–Crippen LogP) is 4.01. The Labute approximate surface area is 146 Å². The van der Waals surface area contributed by atoms with Crippen molar-refractivity contribution in [1.29, 1.82) is 0 Å². The molecule has 0 aromatic heterocycles. The molecule has 25 heavy (non-hydrogen) atoms. The molecular weight excluding hydrogens is 322 g/mol. The van der Waals surface area contributed by atoms with Gasteiger partial charge in [-0.2, -0.15) is 0 Å². The molecule has 6 nitrogen and oxygen atoms in total. The molecule has 0 heterocycles. The maximum atomic E-state index is 11.8. The largest absolute Gasteiger partial charge is 0.491 e. The van der Waals surface area contributed by atoms with E-state index in [0.717, 1.165) is 0 Å². The lowest BCUT2D eigenvalue weighted by Crippen LogP contribution is -2.08. The Morgan fingerprint density at radius 1 is 0.960 bits per heavy atom. The zero-order valence-corrected chi connectivity index (χ0v) is 14.7. The van der Waals surface area contributed by atoms with Gasteiger partial charge >= 0.3 is 5.97 Å². The molecule has 0 aliphatic heterocycles. The summed E-state index contributed by atoms with van der Waals surface area (Å²) in [6.45, 7) is 5.23. The third kappa shape index (κ3) is 5.53. The summed E-state index contributed by atoms with van der Waals surface area (Å²) in [4.78, 5) is 22.9. The molecule has 0 unspecified atom stereocenters. The van der Waals surface area contributed by atoms with E-state index in [1.54, 1.807) is 42.5 Å². The van der Waals surface area contributed by atoms with Crippen molar-refractivity contribution in [2.24, 2.45) is 0 Å². The number of methoxy groups -OCH3 is 1. The number of ether oxygens (including phenoxy) is 3. The molecule has 2 aromatic carbocycles. The SMILES string of the molecule is COC(=O)c1cc(Oc2ccc(NC(C)=O)cc2)cc(OC(C)C)c1. The van der Waals surface area contributed by atoms with Crippen molar-refractivity contribution >= 4 is 17.6 Å². The van der Waals surface area contributed by atoms with E-state index in [1.807, 2.05) is 13.8 Å². The molecule has 0 saturated carbocycles. The van der Waals surface area contributed by atoms with Crippen LogP contribution in [0.25, 0.3) is 0 Å². The average molecular weight is 343 g/mol. The fraction of sp³-hybridized carbons (Fsp3) is 0.263. The maximum Gasteiger partial charge on any atom is 0.338 e. The van der Waals surface area contributed by atoms with Crippen LogP contribution < -0.4 is 14.8 Å². The number of hydrogen-bond acceptors (Lipinski definition) is 5. The van der Waals surface area contributed by atoms with E-state index in [0.29, 0.717) is 28.5 Å². The number of amides is 1. The van der Waals surface area contributed by atoms with Crippen molar-refractivity contribution in [2.45, 2.75) is 26.9 Å². The van der Waals surface area contributed by atoms with E-state index < -0.39 is 5.97 Å². The first-order valence-electron chi connectivity index (χ1n) is 7.83. The Balaban J connectivity index is 2.24. The molecule has 0 aliphatic rings. The summed E-state index contributed by atoms with van der Waals surface area (Å²) in [6.07, 6.45) is -0.0438. The van der Waals surface area contributed by atoms with E-state index in [1.165, 1.54) is 14.0 Å². The molecule has 0 saturated heterocycles. The van der Waals surface area contributed by atoms with E-state index >= 15 is 0 Å². The van der Waals surface area contributed by atoms with Crippen LogP contribution in [0.15, 0.2) is 42.5 Å². The fourth-order valence-corrected chi connectivity index (χ4v) is 2.15. The summed E-state index contributed by atoms with van der Waals surface area (Å²) in [6, 6.07) is 11.8. The molecule has 1 amide bonds. The molecule has 2 aromatic rings. The van der Waals surface area contributed by atoms with Gasteiger partial charge in [0.2, 0.25) is 5.91 Å². The third-order valence-corrected chi connectivity index (χ3v) is 3.08. The molecule has 2 rings (SSSR count). The van der Waals surface area contributed by atoms with Gasteiger partial charge in [0.1, 0.15) is 17.2 Å². The number of nitrogens with one attached hydrogen (secondary N) is 1. The van der Waals surface area contributed by atoms with Gasteiger partial charge in [-0.05, 0) is 50.2 Å². The van der Waals surface area contributed by atoms with Gasteiger partial charge in [0, 0.05) is 18.7 Å². The molecular formula is C19H21NO5. The Kier molecular flexibility index (Phi) is 6.00. The Morgan fingerprint density at radius 3 is 2.16 bits per heavy atom. The summed E-state index contributed by atoms with van der Waals surface area (Å²) >= 11 is 0. The van der Waals surface area contributed by atoms with Crippen LogP contribution in [0.5, 0.6) is 17.2 Å². The Bertz CT molecular complexity index is 753. The lowest BCUT2D eigenvalue weighted by molar-refractivity contribution is -0.114. The van der Waals surface area contributed by atoms with Crippen LogP contribution in [0, 0.1) is 0 Å². The van der Waals surface area contributed by atoms with Gasteiger partial charge in [-0.1, -0.05) is 0 Å². The summed E-state index contributed by atoms with van der Waals surface area (Å²) in [5, 5.41) is 2.68. The van der Waals surface area contributed by atoms with Crippen molar-refractivity contribution in [3.8, 4) is 17.2 Å². The van der Waals surface area contributed by atoms with Crippen LogP contribution in [-0.2, 0) is 9.53 Å². The van der Waals surface area contributed by atoms with Crippen LogP contribution in [0.3, 0.4) is 0 Å². The van der Waals surface area contributed by atoms with Crippen molar-refractivity contribution in [2.75, 3.05) is 12.4 Å². The van der Waals surface area contributed by atoms with Gasteiger partial charge in [0.15, 0.2) is 0 Å². The normalized spacial score (nSPS) is 10.3. The lowest BCUT2D eigenvalue weighted by Gasteiger charge is -2.13. The van der Waals surface area contributed by atoms with Gasteiger partial charge in [0.05, 0.1) is 18.8 Å². The van der Waals surface area contributed by atoms with Gasteiger partial charge < -0.3 is 19.5 Å². The average Bonchev–Trinajstić information content (AvgIpc) is 2.54. The van der Waals surface area contributed by atoms with Crippen LogP contribution in [0.2, 0.25) is 0 Å². The lowest BCUT2D eigenvalue weighted by atomic mass is 10.2. The quantitative estimate of drug-likeness (QED) is 0.802. The first-order valence-corrected chi connectivity index (χ1v) is 7.83. The maximum absolute atomic E-state index is 11.8. The topological polar surface area (TPSA) is 73.9 Å². The third-order valence-electron chi connectivity index (χ3n) is 3.08. The standard InChI is InChI=1S/C19H21NO5/c1-12(2)24-17-9-14(19(22)23-4)10-18(11-17)25-16-7-5-15(6-8-16)20-13(3)21/h5-12H,1-4H3,(H,20,21). The van der Waals surface area contributed by atoms with Crippen molar-refractivity contribution < 1.29 is 23.8 Å². The second kappa shape index (κ2) is 8.19. The zero-order chi connectivity index (χ0) is 18.4. The van der Waals surface area contributed by atoms with Gasteiger partial charge in [-0.3, -0.25) is 4.79 Å². The molecule has 0 aliphatic carbocycles. The predicted molar refractivity (Wildman–Crippen MR) is 94.4 cm³/mol. The Morgan fingerprint density at radius 2 is 1.60 bits per heavy atom. The smallest absolute Gasteiger partial charge is 0.338 e. The second-order valence-corrected chi connectivity index (χ2v) is 5.66. The van der Waals surface area contributed by atoms with Crippen LogP contribution in [0.1, 0.15) is 31.1 Å². The highest BCUT2D eigenvalue weighted by molar-refractivity contribution is 5.90. The monoisotopic (exact) mass is 343 g/mol.